The van der Waals surface area contributed by atoms with E-state index in [-0.39, 0.29) is 4.71 Å². The number of hydrogen-bond acceptors (Lipinski definition) is 6. The highest BCUT2D eigenvalue weighted by Gasteiger charge is 2.17. The lowest BCUT2D eigenvalue weighted by Gasteiger charge is -2.29. The molecule has 0 aromatic heterocycles. The van der Waals surface area contributed by atoms with E-state index >= 15 is 0 Å². The van der Waals surface area contributed by atoms with Crippen molar-refractivity contribution in [1.82, 2.24) is 4.90 Å². The van der Waals surface area contributed by atoms with Crippen LogP contribution in [0.15, 0.2) is 53.5 Å². The molecular weight excluding hydrogens is 396 g/mol. The third-order valence-electron chi connectivity index (χ3n) is 5.44. The third kappa shape index (κ3) is 6.43. The fraction of sp³-hybridized carbons (Fsp3) is 0.435. The van der Waals surface area contributed by atoms with Crippen LogP contribution in [0.25, 0.3) is 0 Å². The SMILES string of the molecule is CN(C)c1ccc(CN(C)c2ccc(CN=C3CCN(C(S)S)CC3)cc2)cc1. The van der Waals surface area contributed by atoms with Crippen molar-refractivity contribution >= 4 is 42.3 Å². The van der Waals surface area contributed by atoms with E-state index in [1.54, 1.807) is 0 Å². The molecule has 29 heavy (non-hydrogen) atoms. The van der Waals surface area contributed by atoms with Crippen LogP contribution in [-0.4, -0.2) is 49.6 Å². The molecule has 1 saturated heterocycles. The first kappa shape index (κ1) is 22.1. The van der Waals surface area contributed by atoms with E-state index in [1.807, 2.05) is 0 Å². The van der Waals surface area contributed by atoms with E-state index < -0.39 is 0 Å². The first-order chi connectivity index (χ1) is 13.9. The topological polar surface area (TPSA) is 22.1 Å². The number of aliphatic imine (C=N–C) groups is 1. The van der Waals surface area contributed by atoms with Gasteiger partial charge in [-0.25, -0.2) is 0 Å². The van der Waals surface area contributed by atoms with E-state index in [9.17, 15) is 0 Å². The van der Waals surface area contributed by atoms with Gasteiger partial charge in [-0.1, -0.05) is 24.3 Å². The molecule has 0 aliphatic carbocycles. The molecule has 0 radical (unpaired) electrons. The number of hydrogen-bond donors (Lipinski definition) is 2. The molecule has 0 unspecified atom stereocenters. The molecule has 2 aromatic rings. The number of thiol groups is 2. The molecule has 0 bridgehead atoms. The van der Waals surface area contributed by atoms with Crippen LogP contribution in [0.4, 0.5) is 11.4 Å². The van der Waals surface area contributed by atoms with Crippen molar-refractivity contribution in [2.75, 3.05) is 44.0 Å². The van der Waals surface area contributed by atoms with Crippen molar-refractivity contribution in [3.05, 3.63) is 59.7 Å². The van der Waals surface area contributed by atoms with Gasteiger partial charge in [0.2, 0.25) is 0 Å². The van der Waals surface area contributed by atoms with Gasteiger partial charge in [-0.15, -0.1) is 25.3 Å². The average Bonchev–Trinajstić information content (AvgIpc) is 2.73. The summed E-state index contributed by atoms with van der Waals surface area (Å²) < 4.78 is 0.0343. The van der Waals surface area contributed by atoms with Crippen LogP contribution in [0.3, 0.4) is 0 Å². The van der Waals surface area contributed by atoms with E-state index in [2.05, 4.69) is 110 Å². The van der Waals surface area contributed by atoms with Crippen LogP contribution in [0.1, 0.15) is 24.0 Å². The van der Waals surface area contributed by atoms with Crippen LogP contribution >= 0.6 is 25.3 Å². The van der Waals surface area contributed by atoms with Crippen LogP contribution in [0, 0.1) is 0 Å². The van der Waals surface area contributed by atoms with Crippen molar-refractivity contribution in [1.29, 1.82) is 0 Å². The Morgan fingerprint density at radius 1 is 0.862 bits per heavy atom. The summed E-state index contributed by atoms with van der Waals surface area (Å²) in [5.74, 6) is 0. The number of anilines is 2. The molecule has 1 fully saturated rings. The molecule has 4 nitrogen and oxygen atoms in total. The first-order valence-corrected chi connectivity index (χ1v) is 11.1. The molecule has 156 valence electrons. The summed E-state index contributed by atoms with van der Waals surface area (Å²) in [6.45, 7) is 3.64. The van der Waals surface area contributed by atoms with Gasteiger partial charge in [-0.2, -0.15) is 0 Å². The van der Waals surface area contributed by atoms with Gasteiger partial charge in [-0.3, -0.25) is 9.89 Å². The molecule has 2 aromatic carbocycles. The summed E-state index contributed by atoms with van der Waals surface area (Å²) in [6.07, 6.45) is 2.04. The van der Waals surface area contributed by atoms with Crippen LogP contribution in [0.5, 0.6) is 0 Å². The minimum Gasteiger partial charge on any atom is -0.378 e. The Morgan fingerprint density at radius 3 is 1.97 bits per heavy atom. The lowest BCUT2D eigenvalue weighted by atomic mass is 10.1. The minimum absolute atomic E-state index is 0.0343. The van der Waals surface area contributed by atoms with E-state index in [0.29, 0.717) is 0 Å². The monoisotopic (exact) mass is 428 g/mol. The molecule has 0 spiro atoms. The summed E-state index contributed by atoms with van der Waals surface area (Å²) >= 11 is 8.79. The van der Waals surface area contributed by atoms with E-state index in [1.165, 1.54) is 28.2 Å². The highest BCUT2D eigenvalue weighted by Crippen LogP contribution is 2.20. The highest BCUT2D eigenvalue weighted by atomic mass is 32.2. The Kier molecular flexibility index (Phi) is 7.92. The third-order valence-corrected chi connectivity index (χ3v) is 6.09. The Bertz CT molecular complexity index is 791. The first-order valence-electron chi connectivity index (χ1n) is 10.1. The van der Waals surface area contributed by atoms with Crippen LogP contribution in [0.2, 0.25) is 0 Å². The molecule has 1 aliphatic rings. The molecule has 0 atom stereocenters. The molecular formula is C23H32N4S2. The minimum atomic E-state index is 0.0343. The summed E-state index contributed by atoms with van der Waals surface area (Å²) in [6, 6.07) is 17.5. The largest absolute Gasteiger partial charge is 0.378 e. The van der Waals surface area contributed by atoms with Gasteiger partial charge in [0, 0.05) is 57.9 Å². The maximum absolute atomic E-state index is 4.83. The fourth-order valence-corrected chi connectivity index (χ4v) is 3.96. The van der Waals surface area contributed by atoms with Gasteiger partial charge in [0.1, 0.15) is 0 Å². The highest BCUT2D eigenvalue weighted by molar-refractivity contribution is 7.99. The predicted molar refractivity (Wildman–Crippen MR) is 133 cm³/mol. The van der Waals surface area contributed by atoms with Gasteiger partial charge >= 0.3 is 0 Å². The smallest absolute Gasteiger partial charge is 0.0969 e. The Hall–Kier alpha value is -1.63. The molecule has 3 rings (SSSR count). The van der Waals surface area contributed by atoms with Gasteiger partial charge in [0.05, 0.1) is 11.3 Å². The van der Waals surface area contributed by atoms with Crippen molar-refractivity contribution in [3.63, 3.8) is 0 Å². The standard InChI is InChI=1S/C23H32N4S2/c1-25(2)21-8-6-19(7-9-21)17-26(3)22-10-4-18(5-11-22)16-24-20-12-14-27(15-13-20)23(28)29/h4-11,23,28-29H,12-17H2,1-3H3. The molecule has 6 heteroatoms. The second-order valence-electron chi connectivity index (χ2n) is 7.85. The van der Waals surface area contributed by atoms with Gasteiger partial charge in [-0.05, 0) is 48.2 Å². The molecule has 0 saturated carbocycles. The summed E-state index contributed by atoms with van der Waals surface area (Å²) in [5, 5.41) is 0. The number of piperidine rings is 1. The zero-order valence-electron chi connectivity index (χ0n) is 17.6. The van der Waals surface area contributed by atoms with E-state index in [4.69, 9.17) is 4.99 Å². The Balaban J connectivity index is 1.52. The van der Waals surface area contributed by atoms with Gasteiger partial charge in [0.25, 0.3) is 0 Å². The predicted octanol–water partition coefficient (Wildman–Crippen LogP) is 4.57. The Morgan fingerprint density at radius 2 is 1.41 bits per heavy atom. The Labute approximate surface area is 186 Å². The fourth-order valence-electron chi connectivity index (χ4n) is 3.49. The summed E-state index contributed by atoms with van der Waals surface area (Å²) in [5.41, 5.74) is 6.33. The molecule has 1 aliphatic heterocycles. The summed E-state index contributed by atoms with van der Waals surface area (Å²) in [4.78, 5) is 11.5. The summed E-state index contributed by atoms with van der Waals surface area (Å²) in [7, 11) is 6.27. The maximum Gasteiger partial charge on any atom is 0.0969 e. The van der Waals surface area contributed by atoms with Gasteiger partial charge < -0.3 is 9.80 Å². The zero-order chi connectivity index (χ0) is 20.8. The molecule has 1 heterocycles. The zero-order valence-corrected chi connectivity index (χ0v) is 19.4. The quantitative estimate of drug-likeness (QED) is 0.499. The van der Waals surface area contributed by atoms with Gasteiger partial charge in [0.15, 0.2) is 0 Å². The maximum atomic E-state index is 4.83. The van der Waals surface area contributed by atoms with Crippen molar-refractivity contribution in [2.24, 2.45) is 4.99 Å². The lowest BCUT2D eigenvalue weighted by molar-refractivity contribution is 0.307. The molecule has 0 amide bonds. The van der Waals surface area contributed by atoms with E-state index in [0.717, 1.165) is 39.0 Å². The van der Waals surface area contributed by atoms with Crippen molar-refractivity contribution < 1.29 is 0 Å². The number of benzene rings is 2. The van der Waals surface area contributed by atoms with Crippen LogP contribution in [-0.2, 0) is 13.1 Å². The number of nitrogens with zero attached hydrogens (tertiary/aromatic N) is 4. The van der Waals surface area contributed by atoms with Crippen molar-refractivity contribution in [2.45, 2.75) is 30.6 Å². The average molecular weight is 429 g/mol. The normalized spacial score (nSPS) is 14.9. The number of rotatable bonds is 7. The second kappa shape index (κ2) is 10.4. The number of likely N-dealkylation sites (tertiary alicyclic amines) is 1. The molecule has 0 N–H and O–H groups in total. The second-order valence-corrected chi connectivity index (χ2v) is 9.23. The van der Waals surface area contributed by atoms with Crippen molar-refractivity contribution in [3.8, 4) is 0 Å². The lowest BCUT2D eigenvalue weighted by Crippen LogP contribution is -2.36. The van der Waals surface area contributed by atoms with Crippen LogP contribution < -0.4 is 9.80 Å².